The van der Waals surface area contributed by atoms with Gasteiger partial charge in [0.05, 0.1) is 16.5 Å². The molecule has 162 valence electrons. The fraction of sp³-hybridized carbons (Fsp3) is 0.192. The Morgan fingerprint density at radius 2 is 1.84 bits per heavy atom. The van der Waals surface area contributed by atoms with Crippen LogP contribution in [-0.4, -0.2) is 18.2 Å². The van der Waals surface area contributed by atoms with Crippen LogP contribution < -0.4 is 10.2 Å². The van der Waals surface area contributed by atoms with Crippen LogP contribution >= 0.6 is 23.2 Å². The van der Waals surface area contributed by atoms with Gasteiger partial charge in [-0.2, -0.15) is 0 Å². The number of halogens is 2. The van der Waals surface area contributed by atoms with Crippen LogP contribution in [0.1, 0.15) is 16.9 Å². The summed E-state index contributed by atoms with van der Waals surface area (Å²) >= 11 is 12.3. The predicted molar refractivity (Wildman–Crippen MR) is 129 cm³/mol. The van der Waals surface area contributed by atoms with Crippen LogP contribution in [0.4, 0.5) is 0 Å². The Bertz CT molecular complexity index is 1370. The van der Waals surface area contributed by atoms with Crippen LogP contribution in [0.15, 0.2) is 69.9 Å². The molecule has 0 atom stereocenters. The third kappa shape index (κ3) is 3.90. The Morgan fingerprint density at radius 1 is 1.03 bits per heavy atom. The van der Waals surface area contributed by atoms with Gasteiger partial charge >= 0.3 is 0 Å². The lowest BCUT2D eigenvalue weighted by Crippen LogP contribution is -2.34. The second kappa shape index (κ2) is 8.62. The summed E-state index contributed by atoms with van der Waals surface area (Å²) in [6, 6.07) is 18.9. The standard InChI is InChI=1S/C26H21Cl2NO3/c1-16-24(18-5-3-2-4-6-18)25(30)20-9-10-23-21(26(20)32-16)14-29(15-31-23)12-11-17-7-8-19(27)13-22(17)28/h2-10,13H,11-12,14-15H2,1H3. The van der Waals surface area contributed by atoms with Gasteiger partial charge in [0.1, 0.15) is 23.8 Å². The van der Waals surface area contributed by atoms with E-state index in [-0.39, 0.29) is 5.43 Å². The topological polar surface area (TPSA) is 42.7 Å². The van der Waals surface area contributed by atoms with Crippen molar-refractivity contribution in [3.8, 4) is 16.9 Å². The van der Waals surface area contributed by atoms with Crippen molar-refractivity contribution in [2.24, 2.45) is 0 Å². The summed E-state index contributed by atoms with van der Waals surface area (Å²) in [5.41, 5.74) is 3.97. The van der Waals surface area contributed by atoms with Crippen molar-refractivity contribution in [1.82, 2.24) is 4.90 Å². The first-order valence-corrected chi connectivity index (χ1v) is 11.2. The number of rotatable bonds is 4. The molecule has 0 N–H and O–H groups in total. The van der Waals surface area contributed by atoms with Gasteiger partial charge in [-0.25, -0.2) is 0 Å². The minimum atomic E-state index is -0.0252. The average molecular weight is 466 g/mol. The van der Waals surface area contributed by atoms with Gasteiger partial charge in [-0.15, -0.1) is 0 Å². The molecule has 32 heavy (non-hydrogen) atoms. The maximum Gasteiger partial charge on any atom is 0.200 e. The monoisotopic (exact) mass is 465 g/mol. The van der Waals surface area contributed by atoms with E-state index < -0.39 is 0 Å². The maximum atomic E-state index is 13.4. The normalized spacial score (nSPS) is 13.7. The molecule has 1 aliphatic rings. The highest BCUT2D eigenvalue weighted by Gasteiger charge is 2.24. The molecule has 0 unspecified atom stereocenters. The number of aryl methyl sites for hydroxylation is 1. The van der Waals surface area contributed by atoms with E-state index in [1.807, 2.05) is 55.5 Å². The molecule has 0 aliphatic carbocycles. The van der Waals surface area contributed by atoms with Crippen LogP contribution in [-0.2, 0) is 13.0 Å². The number of ether oxygens (including phenoxy) is 1. The highest BCUT2D eigenvalue weighted by atomic mass is 35.5. The van der Waals surface area contributed by atoms with E-state index in [0.29, 0.717) is 45.6 Å². The fourth-order valence-electron chi connectivity index (χ4n) is 4.20. The summed E-state index contributed by atoms with van der Waals surface area (Å²) < 4.78 is 12.2. The number of fused-ring (bicyclic) bond motifs is 3. The van der Waals surface area contributed by atoms with Crippen molar-refractivity contribution >= 4 is 34.2 Å². The molecule has 3 aromatic carbocycles. The number of hydrogen-bond donors (Lipinski definition) is 0. The molecule has 1 aliphatic heterocycles. The van der Waals surface area contributed by atoms with Crippen molar-refractivity contribution < 1.29 is 9.15 Å². The molecule has 1 aromatic heterocycles. The van der Waals surface area contributed by atoms with Gasteiger partial charge in [0.25, 0.3) is 0 Å². The molecule has 0 fully saturated rings. The van der Waals surface area contributed by atoms with Gasteiger partial charge < -0.3 is 9.15 Å². The lowest BCUT2D eigenvalue weighted by Gasteiger charge is -2.29. The Hall–Kier alpha value is -2.79. The third-order valence-electron chi connectivity index (χ3n) is 5.86. The molecular weight excluding hydrogens is 445 g/mol. The fourth-order valence-corrected chi connectivity index (χ4v) is 4.71. The third-order valence-corrected chi connectivity index (χ3v) is 6.44. The lowest BCUT2D eigenvalue weighted by atomic mass is 10.0. The Morgan fingerprint density at radius 3 is 2.62 bits per heavy atom. The smallest absolute Gasteiger partial charge is 0.200 e. The van der Waals surface area contributed by atoms with E-state index in [9.17, 15) is 4.79 Å². The van der Waals surface area contributed by atoms with E-state index in [1.165, 1.54) is 0 Å². The van der Waals surface area contributed by atoms with Crippen LogP contribution in [0.5, 0.6) is 5.75 Å². The summed E-state index contributed by atoms with van der Waals surface area (Å²) in [5, 5.41) is 1.86. The van der Waals surface area contributed by atoms with Gasteiger partial charge in [-0.05, 0) is 48.7 Å². The SMILES string of the molecule is Cc1oc2c3c(ccc2c(=O)c1-c1ccccc1)OCN(CCc1ccc(Cl)cc1Cl)C3. The van der Waals surface area contributed by atoms with Crippen molar-refractivity contribution in [1.29, 1.82) is 0 Å². The molecule has 4 aromatic rings. The van der Waals surface area contributed by atoms with E-state index in [2.05, 4.69) is 4.90 Å². The molecule has 0 amide bonds. The van der Waals surface area contributed by atoms with E-state index >= 15 is 0 Å². The van der Waals surface area contributed by atoms with Gasteiger partial charge in [0.2, 0.25) is 5.43 Å². The molecule has 0 spiro atoms. The second-order valence-corrected chi connectivity index (χ2v) is 8.80. The molecule has 0 saturated carbocycles. The van der Waals surface area contributed by atoms with Crippen molar-refractivity contribution in [3.63, 3.8) is 0 Å². The molecule has 5 rings (SSSR count). The number of hydrogen-bond acceptors (Lipinski definition) is 4. The summed E-state index contributed by atoms with van der Waals surface area (Å²) in [4.78, 5) is 15.5. The van der Waals surface area contributed by atoms with Crippen molar-refractivity contribution in [2.75, 3.05) is 13.3 Å². The van der Waals surface area contributed by atoms with Gasteiger partial charge in [-0.1, -0.05) is 59.6 Å². The molecule has 6 heteroatoms. The van der Waals surface area contributed by atoms with E-state index in [4.69, 9.17) is 32.4 Å². The van der Waals surface area contributed by atoms with Crippen LogP contribution in [0.2, 0.25) is 10.0 Å². The Kier molecular flexibility index (Phi) is 5.68. The Balaban J connectivity index is 1.47. The van der Waals surface area contributed by atoms with E-state index in [0.717, 1.165) is 35.4 Å². The minimum Gasteiger partial charge on any atom is -0.478 e. The quantitative estimate of drug-likeness (QED) is 0.346. The average Bonchev–Trinajstić information content (AvgIpc) is 2.79. The first kappa shape index (κ1) is 21.1. The zero-order valence-electron chi connectivity index (χ0n) is 17.5. The van der Waals surface area contributed by atoms with Crippen molar-refractivity contribution in [2.45, 2.75) is 19.9 Å². The first-order chi connectivity index (χ1) is 15.5. The lowest BCUT2D eigenvalue weighted by molar-refractivity contribution is 0.0968. The zero-order valence-corrected chi connectivity index (χ0v) is 19.0. The van der Waals surface area contributed by atoms with E-state index in [1.54, 1.807) is 12.1 Å². The summed E-state index contributed by atoms with van der Waals surface area (Å²) in [6.07, 6.45) is 0.764. The number of nitrogens with zero attached hydrogens (tertiary/aromatic N) is 1. The summed E-state index contributed by atoms with van der Waals surface area (Å²) in [6.45, 7) is 3.69. The predicted octanol–water partition coefficient (Wildman–Crippen LogP) is 6.47. The molecular formula is C26H21Cl2NO3. The molecule has 2 heterocycles. The van der Waals surface area contributed by atoms with Gasteiger partial charge in [-0.3, -0.25) is 9.69 Å². The van der Waals surface area contributed by atoms with Gasteiger partial charge in [0.15, 0.2) is 0 Å². The molecule has 0 radical (unpaired) electrons. The molecule has 4 nitrogen and oxygen atoms in total. The Labute approximate surface area is 195 Å². The minimum absolute atomic E-state index is 0.0252. The van der Waals surface area contributed by atoms with Crippen LogP contribution in [0.3, 0.4) is 0 Å². The summed E-state index contributed by atoms with van der Waals surface area (Å²) in [5.74, 6) is 1.36. The zero-order chi connectivity index (χ0) is 22.2. The van der Waals surface area contributed by atoms with Crippen molar-refractivity contribution in [3.05, 3.63) is 97.8 Å². The number of benzene rings is 3. The molecule has 0 bridgehead atoms. The maximum absolute atomic E-state index is 13.4. The summed E-state index contributed by atoms with van der Waals surface area (Å²) in [7, 11) is 0. The highest BCUT2D eigenvalue weighted by molar-refractivity contribution is 6.35. The van der Waals surface area contributed by atoms with Gasteiger partial charge in [0, 0.05) is 23.1 Å². The highest BCUT2D eigenvalue weighted by Crippen LogP contribution is 2.34. The first-order valence-electron chi connectivity index (χ1n) is 10.4. The molecule has 0 saturated heterocycles. The second-order valence-electron chi connectivity index (χ2n) is 7.96. The largest absolute Gasteiger partial charge is 0.478 e. The van der Waals surface area contributed by atoms with Crippen LogP contribution in [0.25, 0.3) is 22.1 Å². The van der Waals surface area contributed by atoms with Crippen LogP contribution in [0, 0.1) is 6.92 Å².